The molecule has 2 aliphatic rings. The first-order valence-corrected chi connectivity index (χ1v) is 6.77. The van der Waals surface area contributed by atoms with E-state index in [1.165, 1.54) is 42.5 Å². The highest BCUT2D eigenvalue weighted by atomic mass is 15.2. The molecule has 1 aromatic rings. The second kappa shape index (κ2) is 4.02. The smallest absolute Gasteiger partial charge is 0.0417 e. The van der Waals surface area contributed by atoms with Crippen LogP contribution >= 0.6 is 0 Å². The molecule has 2 heteroatoms. The van der Waals surface area contributed by atoms with E-state index in [0.717, 1.165) is 0 Å². The van der Waals surface area contributed by atoms with Gasteiger partial charge in [-0.25, -0.2) is 0 Å². The van der Waals surface area contributed by atoms with Crippen LogP contribution in [0.4, 0.5) is 5.69 Å². The van der Waals surface area contributed by atoms with Crippen molar-refractivity contribution >= 4 is 5.69 Å². The van der Waals surface area contributed by atoms with E-state index in [9.17, 15) is 0 Å². The number of hydrogen-bond acceptors (Lipinski definition) is 2. The van der Waals surface area contributed by atoms with Gasteiger partial charge in [0.15, 0.2) is 0 Å². The molecule has 1 aliphatic carbocycles. The number of hydrogen-bond donors (Lipinski definition) is 1. The van der Waals surface area contributed by atoms with E-state index < -0.39 is 0 Å². The fourth-order valence-electron chi connectivity index (χ4n) is 3.69. The highest BCUT2D eigenvalue weighted by Crippen LogP contribution is 2.44. The number of benzene rings is 1. The number of nitrogens with zero attached hydrogens (tertiary/aromatic N) is 1. The Morgan fingerprint density at radius 3 is 2.82 bits per heavy atom. The van der Waals surface area contributed by atoms with Gasteiger partial charge in [-0.3, -0.25) is 0 Å². The molecule has 92 valence electrons. The van der Waals surface area contributed by atoms with Crippen LogP contribution in [0, 0.1) is 12.8 Å². The molecule has 1 heterocycles. The Balaban J connectivity index is 2.07. The van der Waals surface area contributed by atoms with Gasteiger partial charge in [0.1, 0.15) is 0 Å². The highest BCUT2D eigenvalue weighted by molar-refractivity contribution is 5.59. The molecule has 0 aromatic heterocycles. The Hall–Kier alpha value is -1.02. The summed E-state index contributed by atoms with van der Waals surface area (Å²) in [7, 11) is 2.24. The summed E-state index contributed by atoms with van der Waals surface area (Å²) in [5.41, 5.74) is 10.5. The van der Waals surface area contributed by atoms with Crippen LogP contribution < -0.4 is 10.6 Å². The minimum atomic E-state index is 0.243. The fourth-order valence-corrected chi connectivity index (χ4v) is 3.69. The zero-order valence-electron chi connectivity index (χ0n) is 10.8. The Morgan fingerprint density at radius 2 is 2.00 bits per heavy atom. The second-order valence-electron chi connectivity index (χ2n) is 5.71. The molecule has 0 radical (unpaired) electrons. The number of rotatable bonds is 0. The van der Waals surface area contributed by atoms with Gasteiger partial charge in [-0.15, -0.1) is 0 Å². The molecule has 0 bridgehead atoms. The average molecular weight is 230 g/mol. The van der Waals surface area contributed by atoms with Gasteiger partial charge in [0, 0.05) is 24.8 Å². The lowest BCUT2D eigenvalue weighted by Gasteiger charge is -2.47. The van der Waals surface area contributed by atoms with E-state index in [0.29, 0.717) is 12.0 Å². The van der Waals surface area contributed by atoms with Crippen LogP contribution in [0.3, 0.4) is 0 Å². The lowest BCUT2D eigenvalue weighted by molar-refractivity contribution is 0.246. The van der Waals surface area contributed by atoms with Crippen LogP contribution in [0.2, 0.25) is 0 Å². The molecule has 2 nitrogen and oxygen atoms in total. The zero-order chi connectivity index (χ0) is 12.0. The molecule has 1 aliphatic heterocycles. The fraction of sp³-hybridized carbons (Fsp3) is 0.600. The Bertz CT molecular complexity index is 427. The van der Waals surface area contributed by atoms with Crippen molar-refractivity contribution in [2.45, 2.75) is 44.7 Å². The van der Waals surface area contributed by atoms with Crippen LogP contribution in [0.25, 0.3) is 0 Å². The van der Waals surface area contributed by atoms with Crippen LogP contribution in [0.15, 0.2) is 18.2 Å². The molecule has 1 saturated carbocycles. The minimum Gasteiger partial charge on any atom is -0.371 e. The predicted octanol–water partition coefficient (Wildman–Crippen LogP) is 3.00. The molecular weight excluding hydrogens is 208 g/mol. The average Bonchev–Trinajstić information content (AvgIpc) is 2.36. The largest absolute Gasteiger partial charge is 0.371 e. The number of anilines is 1. The number of fused-ring (bicyclic) bond motifs is 2. The van der Waals surface area contributed by atoms with Crippen molar-refractivity contribution in [3.63, 3.8) is 0 Å². The molecule has 2 N–H and O–H groups in total. The summed E-state index contributed by atoms with van der Waals surface area (Å²) in [6.07, 6.45) is 5.31. The molecule has 0 spiro atoms. The standard InChI is InChI=1S/C15H22N2/c1-10-7-8-12-14(9-10)17(2)13-6-4-3-5-11(13)15(12)16/h7-9,11,13,15H,3-6,16H2,1-2H3. The first-order valence-electron chi connectivity index (χ1n) is 6.77. The quantitative estimate of drug-likeness (QED) is 0.742. The van der Waals surface area contributed by atoms with Crippen molar-refractivity contribution in [1.82, 2.24) is 0 Å². The van der Waals surface area contributed by atoms with Crippen LogP contribution in [0.5, 0.6) is 0 Å². The van der Waals surface area contributed by atoms with Gasteiger partial charge in [-0.1, -0.05) is 25.0 Å². The molecule has 1 aromatic carbocycles. The first-order chi connectivity index (χ1) is 8.18. The topological polar surface area (TPSA) is 29.3 Å². The van der Waals surface area contributed by atoms with Gasteiger partial charge in [0.25, 0.3) is 0 Å². The van der Waals surface area contributed by atoms with Gasteiger partial charge < -0.3 is 10.6 Å². The third kappa shape index (κ3) is 1.66. The van der Waals surface area contributed by atoms with Crippen LogP contribution in [-0.4, -0.2) is 13.1 Å². The van der Waals surface area contributed by atoms with Crippen molar-refractivity contribution in [3.8, 4) is 0 Å². The monoisotopic (exact) mass is 230 g/mol. The molecule has 0 saturated heterocycles. The maximum Gasteiger partial charge on any atom is 0.0417 e. The lowest BCUT2D eigenvalue weighted by Crippen LogP contribution is -2.48. The van der Waals surface area contributed by atoms with Gasteiger partial charge in [-0.2, -0.15) is 0 Å². The highest BCUT2D eigenvalue weighted by Gasteiger charge is 2.38. The van der Waals surface area contributed by atoms with E-state index in [1.54, 1.807) is 0 Å². The summed E-state index contributed by atoms with van der Waals surface area (Å²) in [5, 5.41) is 0. The second-order valence-corrected chi connectivity index (χ2v) is 5.71. The molecule has 1 fully saturated rings. The summed E-state index contributed by atoms with van der Waals surface area (Å²) < 4.78 is 0. The summed E-state index contributed by atoms with van der Waals surface area (Å²) in [6.45, 7) is 2.16. The van der Waals surface area contributed by atoms with Gasteiger partial charge in [-0.05, 0) is 42.9 Å². The zero-order valence-corrected chi connectivity index (χ0v) is 10.8. The molecule has 17 heavy (non-hydrogen) atoms. The van der Waals surface area contributed by atoms with Crippen molar-refractivity contribution in [3.05, 3.63) is 29.3 Å². The third-order valence-corrected chi connectivity index (χ3v) is 4.67. The molecule has 0 amide bonds. The van der Waals surface area contributed by atoms with Crippen molar-refractivity contribution in [2.75, 3.05) is 11.9 Å². The number of nitrogens with two attached hydrogens (primary N) is 1. The maximum absolute atomic E-state index is 6.49. The summed E-state index contributed by atoms with van der Waals surface area (Å²) in [6, 6.07) is 7.62. The maximum atomic E-state index is 6.49. The Labute approximate surface area is 104 Å². The minimum absolute atomic E-state index is 0.243. The SMILES string of the molecule is Cc1ccc2c(c1)N(C)C1CCCCC1C2N. The Morgan fingerprint density at radius 1 is 1.24 bits per heavy atom. The molecular formula is C15H22N2. The van der Waals surface area contributed by atoms with E-state index in [2.05, 4.69) is 37.1 Å². The number of aryl methyl sites for hydroxylation is 1. The van der Waals surface area contributed by atoms with Crippen LogP contribution in [-0.2, 0) is 0 Å². The third-order valence-electron chi connectivity index (χ3n) is 4.67. The van der Waals surface area contributed by atoms with Crippen molar-refractivity contribution < 1.29 is 0 Å². The molecule has 3 unspecified atom stereocenters. The van der Waals surface area contributed by atoms with Crippen molar-refractivity contribution in [2.24, 2.45) is 11.7 Å². The van der Waals surface area contributed by atoms with Gasteiger partial charge in [0.05, 0.1) is 0 Å². The molecule has 3 rings (SSSR count). The van der Waals surface area contributed by atoms with E-state index in [-0.39, 0.29) is 6.04 Å². The summed E-state index contributed by atoms with van der Waals surface area (Å²) in [5.74, 6) is 0.656. The molecule has 3 atom stereocenters. The summed E-state index contributed by atoms with van der Waals surface area (Å²) in [4.78, 5) is 2.48. The van der Waals surface area contributed by atoms with Crippen LogP contribution in [0.1, 0.15) is 42.9 Å². The van der Waals surface area contributed by atoms with Gasteiger partial charge >= 0.3 is 0 Å². The first kappa shape index (κ1) is 11.1. The normalized spacial score (nSPS) is 31.9. The van der Waals surface area contributed by atoms with Crippen molar-refractivity contribution in [1.29, 1.82) is 0 Å². The van der Waals surface area contributed by atoms with E-state index in [1.807, 2.05) is 0 Å². The Kier molecular flexibility index (Phi) is 2.62. The van der Waals surface area contributed by atoms with Gasteiger partial charge in [0.2, 0.25) is 0 Å². The van der Waals surface area contributed by atoms with E-state index in [4.69, 9.17) is 5.73 Å². The summed E-state index contributed by atoms with van der Waals surface area (Å²) >= 11 is 0. The van der Waals surface area contributed by atoms with E-state index >= 15 is 0 Å². The lowest BCUT2D eigenvalue weighted by atomic mass is 9.74. The predicted molar refractivity (Wildman–Crippen MR) is 72.3 cm³/mol.